The van der Waals surface area contributed by atoms with E-state index in [1.54, 1.807) is 0 Å². The number of hydrogen-bond donors (Lipinski definition) is 2. The second kappa shape index (κ2) is 6.99. The highest BCUT2D eigenvalue weighted by atomic mass is 32.2. The van der Waals surface area contributed by atoms with Crippen LogP contribution in [0.25, 0.3) is 0 Å². The topological polar surface area (TPSA) is 94.1 Å². The van der Waals surface area contributed by atoms with Crippen LogP contribution in [0.2, 0.25) is 0 Å². The summed E-state index contributed by atoms with van der Waals surface area (Å²) in [7, 11) is 4.37. The van der Waals surface area contributed by atoms with Crippen molar-refractivity contribution in [2.24, 2.45) is 0 Å². The molecule has 1 aromatic carbocycles. The molecule has 1 unspecified atom stereocenters. The van der Waals surface area contributed by atoms with Crippen molar-refractivity contribution in [2.45, 2.75) is 12.0 Å². The van der Waals surface area contributed by atoms with Gasteiger partial charge in [0.2, 0.25) is 5.75 Å². The van der Waals surface area contributed by atoms with Gasteiger partial charge in [-0.15, -0.1) is 0 Å². The highest BCUT2D eigenvalue weighted by Crippen LogP contribution is 2.38. The SMILES string of the molecule is COc1cc(C(=O)NC2(C(=O)O)CCSC2)cc(OC)c1OC. The van der Waals surface area contributed by atoms with Gasteiger partial charge in [-0.25, -0.2) is 4.79 Å². The van der Waals surface area contributed by atoms with E-state index in [4.69, 9.17) is 14.2 Å². The molecule has 1 amide bonds. The summed E-state index contributed by atoms with van der Waals surface area (Å²) in [6.07, 6.45) is 0.392. The Kier molecular flexibility index (Phi) is 5.25. The summed E-state index contributed by atoms with van der Waals surface area (Å²) in [5.74, 6) is 0.568. The first-order valence-corrected chi connectivity index (χ1v) is 8.06. The van der Waals surface area contributed by atoms with Crippen molar-refractivity contribution in [3.05, 3.63) is 17.7 Å². The van der Waals surface area contributed by atoms with Crippen molar-refractivity contribution in [1.82, 2.24) is 5.32 Å². The summed E-state index contributed by atoms with van der Waals surface area (Å²) >= 11 is 1.50. The van der Waals surface area contributed by atoms with E-state index in [0.29, 0.717) is 35.2 Å². The number of nitrogens with one attached hydrogen (secondary N) is 1. The highest BCUT2D eigenvalue weighted by molar-refractivity contribution is 7.99. The van der Waals surface area contributed by atoms with E-state index < -0.39 is 17.4 Å². The molecular weight excluding hydrogens is 322 g/mol. The monoisotopic (exact) mass is 341 g/mol. The van der Waals surface area contributed by atoms with Gasteiger partial charge in [-0.2, -0.15) is 11.8 Å². The normalized spacial score (nSPS) is 20.0. The average molecular weight is 341 g/mol. The Labute approximate surface area is 138 Å². The minimum absolute atomic E-state index is 0.247. The van der Waals surface area contributed by atoms with Gasteiger partial charge in [0.25, 0.3) is 5.91 Å². The highest BCUT2D eigenvalue weighted by Gasteiger charge is 2.43. The Morgan fingerprint density at radius 1 is 1.17 bits per heavy atom. The molecular formula is C15H19NO6S. The average Bonchev–Trinajstić information content (AvgIpc) is 3.03. The van der Waals surface area contributed by atoms with Crippen molar-refractivity contribution < 1.29 is 28.9 Å². The molecule has 1 atom stereocenters. The number of ether oxygens (including phenoxy) is 3. The number of amides is 1. The number of carboxylic acids is 1. The van der Waals surface area contributed by atoms with Gasteiger partial charge in [0.15, 0.2) is 11.5 Å². The molecule has 0 aromatic heterocycles. The Morgan fingerprint density at radius 3 is 2.17 bits per heavy atom. The molecule has 8 heteroatoms. The van der Waals surface area contributed by atoms with Crippen molar-refractivity contribution in [2.75, 3.05) is 32.8 Å². The predicted molar refractivity (Wildman–Crippen MR) is 85.9 cm³/mol. The molecule has 1 aliphatic heterocycles. The third-order valence-electron chi connectivity index (χ3n) is 3.71. The van der Waals surface area contributed by atoms with E-state index in [0.717, 1.165) is 0 Å². The molecule has 0 aliphatic carbocycles. The van der Waals surface area contributed by atoms with Crippen LogP contribution in [0.3, 0.4) is 0 Å². The lowest BCUT2D eigenvalue weighted by atomic mass is 9.98. The maximum Gasteiger partial charge on any atom is 0.330 e. The van der Waals surface area contributed by atoms with Gasteiger partial charge in [0.1, 0.15) is 5.54 Å². The molecule has 1 aromatic rings. The van der Waals surface area contributed by atoms with Gasteiger partial charge in [0, 0.05) is 11.3 Å². The fourth-order valence-corrected chi connectivity index (χ4v) is 3.71. The number of carbonyl (C=O) groups excluding carboxylic acids is 1. The van der Waals surface area contributed by atoms with E-state index in [2.05, 4.69) is 5.32 Å². The number of aliphatic carboxylic acids is 1. The summed E-state index contributed by atoms with van der Waals surface area (Å²) in [6.45, 7) is 0. The first-order chi connectivity index (χ1) is 11.0. The second-order valence-electron chi connectivity index (χ2n) is 5.06. The van der Waals surface area contributed by atoms with Crippen LogP contribution >= 0.6 is 11.8 Å². The minimum atomic E-state index is -1.23. The van der Waals surface area contributed by atoms with Gasteiger partial charge in [-0.3, -0.25) is 4.79 Å². The molecule has 1 fully saturated rings. The van der Waals surface area contributed by atoms with Gasteiger partial charge in [-0.1, -0.05) is 0 Å². The third-order valence-corrected chi connectivity index (χ3v) is 4.90. The zero-order valence-electron chi connectivity index (χ0n) is 13.2. The lowest BCUT2D eigenvalue weighted by molar-refractivity contribution is -0.143. The van der Waals surface area contributed by atoms with Gasteiger partial charge in [0.05, 0.1) is 21.3 Å². The molecule has 126 valence electrons. The van der Waals surface area contributed by atoms with Gasteiger partial charge < -0.3 is 24.6 Å². The number of benzene rings is 1. The number of thioether (sulfide) groups is 1. The van der Waals surface area contributed by atoms with Crippen LogP contribution in [0.4, 0.5) is 0 Å². The van der Waals surface area contributed by atoms with Crippen LogP contribution in [-0.2, 0) is 4.79 Å². The summed E-state index contributed by atoms with van der Waals surface area (Å²) in [5.41, 5.74) is -0.987. The number of methoxy groups -OCH3 is 3. The lowest BCUT2D eigenvalue weighted by Crippen LogP contribution is -2.54. The summed E-state index contributed by atoms with van der Waals surface area (Å²) in [6, 6.07) is 2.99. The lowest BCUT2D eigenvalue weighted by Gasteiger charge is -2.25. The Balaban J connectivity index is 2.34. The zero-order chi connectivity index (χ0) is 17.0. The summed E-state index contributed by atoms with van der Waals surface area (Å²) < 4.78 is 15.6. The van der Waals surface area contributed by atoms with E-state index >= 15 is 0 Å². The van der Waals surface area contributed by atoms with E-state index in [9.17, 15) is 14.7 Å². The Bertz CT molecular complexity index is 587. The molecule has 0 spiro atoms. The molecule has 1 saturated heterocycles. The molecule has 1 aliphatic rings. The molecule has 2 rings (SSSR count). The van der Waals surface area contributed by atoms with Crippen molar-refractivity contribution in [3.63, 3.8) is 0 Å². The molecule has 0 radical (unpaired) electrons. The predicted octanol–water partition coefficient (Wildman–Crippen LogP) is 1.40. The van der Waals surface area contributed by atoms with E-state index in [1.807, 2.05) is 0 Å². The quantitative estimate of drug-likeness (QED) is 0.808. The first kappa shape index (κ1) is 17.3. The van der Waals surface area contributed by atoms with Gasteiger partial charge in [-0.05, 0) is 24.3 Å². The first-order valence-electron chi connectivity index (χ1n) is 6.91. The van der Waals surface area contributed by atoms with Crippen LogP contribution in [0.15, 0.2) is 12.1 Å². The van der Waals surface area contributed by atoms with Crippen LogP contribution < -0.4 is 19.5 Å². The van der Waals surface area contributed by atoms with Crippen LogP contribution in [-0.4, -0.2) is 55.4 Å². The van der Waals surface area contributed by atoms with Crippen molar-refractivity contribution in [3.8, 4) is 17.2 Å². The zero-order valence-corrected chi connectivity index (χ0v) is 14.0. The van der Waals surface area contributed by atoms with Crippen LogP contribution in [0, 0.1) is 0 Å². The molecule has 23 heavy (non-hydrogen) atoms. The Hall–Kier alpha value is -2.09. The van der Waals surface area contributed by atoms with E-state index in [-0.39, 0.29) is 5.56 Å². The maximum absolute atomic E-state index is 12.5. The standard InChI is InChI=1S/C15H19NO6S/c1-20-10-6-9(7-11(21-2)12(10)22-3)13(17)16-15(14(18)19)4-5-23-8-15/h6-7H,4-5,8H2,1-3H3,(H,16,17)(H,18,19). The maximum atomic E-state index is 12.5. The van der Waals surface area contributed by atoms with E-state index in [1.165, 1.54) is 45.2 Å². The smallest absolute Gasteiger partial charge is 0.330 e. The number of carbonyl (C=O) groups is 2. The fraction of sp³-hybridized carbons (Fsp3) is 0.467. The second-order valence-corrected chi connectivity index (χ2v) is 6.16. The van der Waals surface area contributed by atoms with Crippen LogP contribution in [0.1, 0.15) is 16.8 Å². The Morgan fingerprint density at radius 2 is 1.78 bits per heavy atom. The number of hydrogen-bond acceptors (Lipinski definition) is 6. The van der Waals surface area contributed by atoms with Crippen molar-refractivity contribution >= 4 is 23.6 Å². The molecule has 1 heterocycles. The largest absolute Gasteiger partial charge is 0.493 e. The molecule has 0 saturated carbocycles. The molecule has 7 nitrogen and oxygen atoms in total. The number of carboxylic acid groups (broad SMARTS) is 1. The fourth-order valence-electron chi connectivity index (χ4n) is 2.39. The number of rotatable bonds is 6. The molecule has 0 bridgehead atoms. The van der Waals surface area contributed by atoms with Gasteiger partial charge >= 0.3 is 5.97 Å². The van der Waals surface area contributed by atoms with Crippen LogP contribution in [0.5, 0.6) is 17.2 Å². The minimum Gasteiger partial charge on any atom is -0.493 e. The third kappa shape index (κ3) is 3.31. The van der Waals surface area contributed by atoms with Crippen molar-refractivity contribution in [1.29, 1.82) is 0 Å². The summed E-state index contributed by atoms with van der Waals surface area (Å²) in [4.78, 5) is 24.1. The summed E-state index contributed by atoms with van der Waals surface area (Å²) in [5, 5.41) is 12.1. The molecule has 2 N–H and O–H groups in total.